The summed E-state index contributed by atoms with van der Waals surface area (Å²) in [5.74, 6) is 6.39. The first-order valence-corrected chi connectivity index (χ1v) is 13.2. The maximum atomic E-state index is 13.1. The second-order valence-electron chi connectivity index (χ2n) is 9.46. The van der Waals surface area contributed by atoms with Gasteiger partial charge in [0.25, 0.3) is 0 Å². The molecular weight excluding hydrogens is 539 g/mol. The topological polar surface area (TPSA) is 91.8 Å². The van der Waals surface area contributed by atoms with E-state index in [1.165, 1.54) is 12.3 Å². The number of fused-ring (bicyclic) bond motifs is 1. The third kappa shape index (κ3) is 7.59. The van der Waals surface area contributed by atoms with E-state index in [-0.39, 0.29) is 0 Å². The summed E-state index contributed by atoms with van der Waals surface area (Å²) in [5.41, 5.74) is 11.0. The van der Waals surface area contributed by atoms with Crippen LogP contribution in [0.2, 0.25) is 0 Å². The summed E-state index contributed by atoms with van der Waals surface area (Å²) in [5, 5.41) is 9.33. The molecule has 0 saturated heterocycles. The Morgan fingerprint density at radius 3 is 2.71 bits per heavy atom. The van der Waals surface area contributed by atoms with Crippen LogP contribution in [0.5, 0.6) is 0 Å². The van der Waals surface area contributed by atoms with Crippen LogP contribution in [0, 0.1) is 18.8 Å². The van der Waals surface area contributed by atoms with Crippen molar-refractivity contribution in [2.75, 3.05) is 30.8 Å². The van der Waals surface area contributed by atoms with Crippen LogP contribution >= 0.6 is 0 Å². The van der Waals surface area contributed by atoms with E-state index in [1.807, 2.05) is 54.9 Å². The molecule has 0 unspecified atom stereocenters. The van der Waals surface area contributed by atoms with E-state index < -0.39 is 11.7 Å². The third-order valence-electron chi connectivity index (χ3n) is 6.34. The van der Waals surface area contributed by atoms with Gasteiger partial charge < -0.3 is 21.7 Å². The van der Waals surface area contributed by atoms with Crippen LogP contribution in [0.25, 0.3) is 11.3 Å². The summed E-state index contributed by atoms with van der Waals surface area (Å²) in [7, 11) is 1.90. The maximum absolute atomic E-state index is 13.1. The number of aromatic nitrogens is 2. The molecule has 216 valence electrons. The van der Waals surface area contributed by atoms with Crippen molar-refractivity contribution in [1.29, 1.82) is 0 Å². The molecule has 0 saturated carbocycles. The average molecular weight is 572 g/mol. The van der Waals surface area contributed by atoms with Crippen molar-refractivity contribution < 1.29 is 13.2 Å². The minimum Gasteiger partial charge on any atom is -0.403 e. The van der Waals surface area contributed by atoms with Gasteiger partial charge in [-0.3, -0.25) is 9.39 Å². The van der Waals surface area contributed by atoms with E-state index in [0.717, 1.165) is 41.9 Å². The van der Waals surface area contributed by atoms with Crippen LogP contribution in [0.1, 0.15) is 34.4 Å². The lowest BCUT2D eigenvalue weighted by Gasteiger charge is -2.13. The zero-order chi connectivity index (χ0) is 30.1. The largest absolute Gasteiger partial charge is 0.416 e. The van der Waals surface area contributed by atoms with Crippen molar-refractivity contribution >= 4 is 28.9 Å². The third-order valence-corrected chi connectivity index (χ3v) is 6.34. The van der Waals surface area contributed by atoms with Crippen molar-refractivity contribution in [2.45, 2.75) is 19.5 Å². The molecule has 2 aromatic carbocycles. The van der Waals surface area contributed by atoms with Gasteiger partial charge in [0.2, 0.25) is 0 Å². The lowest BCUT2D eigenvalue weighted by atomic mass is 10.0. The summed E-state index contributed by atoms with van der Waals surface area (Å²) in [6.45, 7) is 7.53. The standard InChI is InChI=1S/C32H32F3N7/c1-22-10-11-25(23(2)40-27-8-4-7-26(18-27)32(33,34)35)17-24(22)12-13-29-21-39-31-30(9-5-16-42(29)31)41-28(19-36)20-38-15-6-14-37-3/h4-5,7-11,16-21,37,40-41H,2,6,14-15,36H2,1,3H3. The molecule has 0 atom stereocenters. The zero-order valence-electron chi connectivity index (χ0n) is 23.4. The monoisotopic (exact) mass is 571 g/mol. The molecule has 7 nitrogen and oxygen atoms in total. The molecular formula is C32H32F3N7. The number of alkyl halides is 3. The van der Waals surface area contributed by atoms with Crippen LogP contribution in [0.15, 0.2) is 90.5 Å². The minimum absolute atomic E-state index is 0.297. The van der Waals surface area contributed by atoms with Gasteiger partial charge in [0.1, 0.15) is 5.69 Å². The molecule has 0 aliphatic rings. The summed E-state index contributed by atoms with van der Waals surface area (Å²) in [4.78, 5) is 8.96. The molecule has 2 aromatic heterocycles. The number of hydrogen-bond donors (Lipinski definition) is 4. The van der Waals surface area contributed by atoms with E-state index in [4.69, 9.17) is 5.73 Å². The van der Waals surface area contributed by atoms with E-state index in [2.05, 4.69) is 44.3 Å². The Morgan fingerprint density at radius 1 is 1.12 bits per heavy atom. The fraction of sp³-hybridized carbons (Fsp3) is 0.188. The highest BCUT2D eigenvalue weighted by molar-refractivity contribution is 5.85. The SMILES string of the molecule is C=C(Nc1cccc(C(F)(F)F)c1)c1ccc(C)c(C#Cc2cnc3c(NC(C=NCCCNC)=CN)cccn23)c1. The Hall–Kier alpha value is -5.01. The molecule has 4 aromatic rings. The fourth-order valence-corrected chi connectivity index (χ4v) is 4.08. The highest BCUT2D eigenvalue weighted by Crippen LogP contribution is 2.31. The number of benzene rings is 2. The Labute approximate surface area is 243 Å². The molecule has 0 aliphatic heterocycles. The molecule has 4 rings (SSSR count). The van der Waals surface area contributed by atoms with Crippen molar-refractivity contribution in [2.24, 2.45) is 10.7 Å². The van der Waals surface area contributed by atoms with Gasteiger partial charge >= 0.3 is 6.18 Å². The van der Waals surface area contributed by atoms with Crippen molar-refractivity contribution in [1.82, 2.24) is 14.7 Å². The number of imidazole rings is 1. The number of hydrogen-bond acceptors (Lipinski definition) is 6. The predicted molar refractivity (Wildman–Crippen MR) is 164 cm³/mol. The number of nitrogens with zero attached hydrogens (tertiary/aromatic N) is 3. The first kappa shape index (κ1) is 30.0. The van der Waals surface area contributed by atoms with Gasteiger partial charge in [-0.1, -0.05) is 30.7 Å². The second-order valence-corrected chi connectivity index (χ2v) is 9.46. The number of aryl methyl sites for hydroxylation is 1. The molecule has 5 N–H and O–H groups in total. The van der Waals surface area contributed by atoms with Crippen molar-refractivity contribution in [3.63, 3.8) is 0 Å². The number of nitrogens with two attached hydrogens (primary N) is 1. The van der Waals surface area contributed by atoms with Crippen LogP contribution in [-0.4, -0.2) is 35.7 Å². The van der Waals surface area contributed by atoms with E-state index in [0.29, 0.717) is 40.5 Å². The Kier molecular flexibility index (Phi) is 9.68. The number of aliphatic imine (C=N–C) groups is 1. The predicted octanol–water partition coefficient (Wildman–Crippen LogP) is 6.04. The Morgan fingerprint density at radius 2 is 1.95 bits per heavy atom. The van der Waals surface area contributed by atoms with Gasteiger partial charge in [-0.2, -0.15) is 13.2 Å². The molecule has 0 aliphatic carbocycles. The molecule has 0 fully saturated rings. The number of anilines is 2. The first-order chi connectivity index (χ1) is 20.2. The quantitative estimate of drug-likeness (QED) is 0.106. The lowest BCUT2D eigenvalue weighted by Crippen LogP contribution is -2.09. The van der Waals surface area contributed by atoms with Gasteiger partial charge in [0, 0.05) is 42.1 Å². The molecule has 10 heteroatoms. The summed E-state index contributed by atoms with van der Waals surface area (Å²) >= 11 is 0. The van der Waals surface area contributed by atoms with Crippen LogP contribution in [0.3, 0.4) is 0 Å². The maximum Gasteiger partial charge on any atom is 0.416 e. The molecule has 42 heavy (non-hydrogen) atoms. The fourth-order valence-electron chi connectivity index (χ4n) is 4.08. The number of rotatable bonds is 10. The molecule has 2 heterocycles. The van der Waals surface area contributed by atoms with Crippen LogP contribution in [0.4, 0.5) is 24.5 Å². The van der Waals surface area contributed by atoms with Gasteiger partial charge in [0.05, 0.1) is 23.1 Å². The zero-order valence-corrected chi connectivity index (χ0v) is 23.4. The number of allylic oxidation sites excluding steroid dienone is 1. The normalized spacial score (nSPS) is 11.9. The highest BCUT2D eigenvalue weighted by Gasteiger charge is 2.30. The first-order valence-electron chi connectivity index (χ1n) is 13.2. The highest BCUT2D eigenvalue weighted by atomic mass is 19.4. The average Bonchev–Trinajstić information content (AvgIpc) is 3.39. The number of pyridine rings is 1. The van der Waals surface area contributed by atoms with E-state index >= 15 is 0 Å². The Bertz CT molecular complexity index is 1690. The van der Waals surface area contributed by atoms with E-state index in [1.54, 1.807) is 18.5 Å². The lowest BCUT2D eigenvalue weighted by molar-refractivity contribution is -0.137. The summed E-state index contributed by atoms with van der Waals surface area (Å²) < 4.78 is 41.2. The van der Waals surface area contributed by atoms with Gasteiger partial charge in [0.15, 0.2) is 5.65 Å². The second kappa shape index (κ2) is 13.6. The molecule has 0 spiro atoms. The smallest absolute Gasteiger partial charge is 0.403 e. The van der Waals surface area contributed by atoms with Crippen LogP contribution in [-0.2, 0) is 6.18 Å². The van der Waals surface area contributed by atoms with E-state index in [9.17, 15) is 13.2 Å². The van der Waals surface area contributed by atoms with Gasteiger partial charge in [-0.15, -0.1) is 0 Å². The molecule has 0 bridgehead atoms. The molecule has 0 amide bonds. The van der Waals surface area contributed by atoms with Crippen molar-refractivity contribution in [3.05, 3.63) is 113 Å². The summed E-state index contributed by atoms with van der Waals surface area (Å²) in [6.07, 6.45) is 3.22. The van der Waals surface area contributed by atoms with Gasteiger partial charge in [-0.25, -0.2) is 4.98 Å². The molecule has 0 radical (unpaired) electrons. The summed E-state index contributed by atoms with van der Waals surface area (Å²) in [6, 6.07) is 14.4. The Balaban J connectivity index is 1.53. The number of halogens is 3. The van der Waals surface area contributed by atoms with Gasteiger partial charge in [-0.05, 0) is 80.4 Å². The number of nitrogens with one attached hydrogen (secondary N) is 3. The minimum atomic E-state index is -4.43. The van der Waals surface area contributed by atoms with Crippen LogP contribution < -0.4 is 21.7 Å². The van der Waals surface area contributed by atoms with Crippen molar-refractivity contribution in [3.8, 4) is 11.8 Å².